The van der Waals surface area contributed by atoms with Crippen molar-refractivity contribution in [3.63, 3.8) is 0 Å². The third-order valence-corrected chi connectivity index (χ3v) is 7.59. The summed E-state index contributed by atoms with van der Waals surface area (Å²) in [4.78, 5) is 20.9. The molecule has 4 atom stereocenters. The number of aliphatic hydroxyl groups is 2. The van der Waals surface area contributed by atoms with Gasteiger partial charge in [0.15, 0.2) is 21.9 Å². The number of halogens is 2. The Morgan fingerprint density at radius 3 is 1.42 bits per heavy atom. The molecule has 13 heteroatoms. The number of β-amino-alcohol motifs (C(OH)–C–C–N with tert-alkyl or cyclic N) is 2. The minimum atomic E-state index is -1.01. The molecule has 2 aromatic rings. The third-order valence-electron chi connectivity index (χ3n) is 7.03. The summed E-state index contributed by atoms with van der Waals surface area (Å²) in [5.41, 5.74) is 0.835. The first-order chi connectivity index (χ1) is 17.5. The first-order valence-corrected chi connectivity index (χ1v) is 13.2. The maximum absolute atomic E-state index is 14.3. The van der Waals surface area contributed by atoms with Crippen LogP contribution in [-0.2, 0) is 15.6 Å². The van der Waals surface area contributed by atoms with Gasteiger partial charge in [-0.3, -0.25) is 14.6 Å². The lowest BCUT2D eigenvalue weighted by Crippen LogP contribution is -2.57. The summed E-state index contributed by atoms with van der Waals surface area (Å²) < 4.78 is 0. The molecule has 2 N–H and O–H groups in total. The number of anilines is 2. The van der Waals surface area contributed by atoms with Crippen LogP contribution in [0.5, 0.6) is 0 Å². The number of carbonyl (C=O) groups is 1. The Labute approximate surface area is 233 Å². The van der Waals surface area contributed by atoms with Gasteiger partial charge in [0.25, 0.3) is 0 Å². The Balaban J connectivity index is 1.75. The summed E-state index contributed by atoms with van der Waals surface area (Å²) in [7, 11) is 3.52. The monoisotopic (exact) mass is 566 g/mol. The van der Waals surface area contributed by atoms with E-state index in [-0.39, 0.29) is 40.0 Å². The van der Waals surface area contributed by atoms with Crippen LogP contribution in [0.4, 0.5) is 11.6 Å². The van der Waals surface area contributed by atoms with Crippen LogP contribution >= 0.6 is 23.2 Å². The molecule has 4 unspecified atom stereocenters. The lowest BCUT2D eigenvalue weighted by molar-refractivity contribution is -0.126. The molecule has 4 rings (SSSR count). The highest BCUT2D eigenvalue weighted by atomic mass is 35.5. The number of aromatic nitrogens is 4. The smallest absolute Gasteiger partial charge is 0.207 e. The van der Waals surface area contributed by atoms with Crippen molar-refractivity contribution in [1.29, 1.82) is 0 Å². The molecule has 0 bridgehead atoms. The number of likely N-dealkylation sites (N-methyl/N-ethyl adjacent to an activating group) is 2. The third kappa shape index (κ3) is 5.20. The van der Waals surface area contributed by atoms with Crippen molar-refractivity contribution in [3.05, 3.63) is 33.6 Å². The predicted molar refractivity (Wildman–Crippen MR) is 146 cm³/mol. The Hall–Kier alpha value is -2.15. The number of nitrogens with zero attached hydrogens (tertiary/aromatic N) is 8. The maximum Gasteiger partial charge on any atom is 0.207 e. The van der Waals surface area contributed by atoms with E-state index in [2.05, 4.69) is 20.4 Å². The Kier molecular flexibility index (Phi) is 7.67. The van der Waals surface area contributed by atoms with Crippen molar-refractivity contribution in [3.8, 4) is 0 Å². The van der Waals surface area contributed by atoms with Crippen LogP contribution in [0, 0.1) is 0 Å². The van der Waals surface area contributed by atoms with Gasteiger partial charge in [0.1, 0.15) is 24.8 Å². The van der Waals surface area contributed by atoms with E-state index in [4.69, 9.17) is 23.2 Å². The molecule has 2 saturated heterocycles. The summed E-state index contributed by atoms with van der Waals surface area (Å²) in [6.45, 7) is 12.4. The van der Waals surface area contributed by atoms with E-state index in [9.17, 15) is 15.0 Å². The topological polar surface area (TPSA) is 122 Å². The zero-order valence-electron chi connectivity index (χ0n) is 23.0. The fourth-order valence-electron chi connectivity index (χ4n) is 5.08. The molecule has 2 fully saturated rings. The fraction of sp³-hybridized carbons (Fsp3) is 0.640. The lowest BCUT2D eigenvalue weighted by atomic mass is 9.88. The highest BCUT2D eigenvalue weighted by Gasteiger charge is 2.51. The summed E-state index contributed by atoms with van der Waals surface area (Å²) in [5.74, 6) is 0.401. The van der Waals surface area contributed by atoms with E-state index < -0.39 is 24.8 Å². The zero-order valence-corrected chi connectivity index (χ0v) is 24.5. The van der Waals surface area contributed by atoms with Crippen molar-refractivity contribution >= 4 is 40.6 Å². The number of ketones is 1. The number of aliphatic hydroxyl groups excluding tert-OH is 2. The molecular weight excluding hydrogens is 531 g/mol. The Morgan fingerprint density at radius 2 is 1.11 bits per heavy atom. The molecular formula is C25H36Cl2N8O3. The van der Waals surface area contributed by atoms with E-state index in [1.165, 1.54) is 0 Å². The SMILES string of the molecule is CN1CC(O)N(c2cc(C(C)(C)C)c(Cl)nn2)C1C(=O)C1N(C)CC(O)N1c1cc(C(C)(C)C)c(Cl)nn1. The molecule has 2 aliphatic rings. The molecule has 4 heterocycles. The molecule has 38 heavy (non-hydrogen) atoms. The Morgan fingerprint density at radius 1 is 0.763 bits per heavy atom. The van der Waals surface area contributed by atoms with Gasteiger partial charge in [0, 0.05) is 24.2 Å². The van der Waals surface area contributed by atoms with E-state index in [1.807, 2.05) is 41.5 Å². The number of rotatable bonds is 4. The second-order valence-corrected chi connectivity index (χ2v) is 12.8. The summed E-state index contributed by atoms with van der Waals surface area (Å²) >= 11 is 12.7. The van der Waals surface area contributed by atoms with Gasteiger partial charge >= 0.3 is 0 Å². The summed E-state index contributed by atoms with van der Waals surface area (Å²) in [6, 6.07) is 3.53. The number of carbonyl (C=O) groups excluding carboxylic acids is 1. The van der Waals surface area contributed by atoms with Gasteiger partial charge in [-0.15, -0.1) is 20.4 Å². The predicted octanol–water partition coefficient (Wildman–Crippen LogP) is 2.23. The molecule has 2 aromatic heterocycles. The maximum atomic E-state index is 14.3. The molecule has 0 aliphatic carbocycles. The van der Waals surface area contributed by atoms with Crippen LogP contribution in [0.3, 0.4) is 0 Å². The van der Waals surface area contributed by atoms with Gasteiger partial charge in [-0.2, -0.15) is 0 Å². The van der Waals surface area contributed by atoms with Crippen molar-refractivity contribution in [2.75, 3.05) is 37.0 Å². The average molecular weight is 568 g/mol. The van der Waals surface area contributed by atoms with Gasteiger partial charge in [-0.25, -0.2) is 0 Å². The Bertz CT molecular complexity index is 1130. The van der Waals surface area contributed by atoms with E-state index in [1.54, 1.807) is 45.8 Å². The summed E-state index contributed by atoms with van der Waals surface area (Å²) in [5, 5.41) is 39.3. The molecule has 2 aliphatic heterocycles. The number of hydrogen-bond acceptors (Lipinski definition) is 11. The normalized spacial score (nSPS) is 25.5. The van der Waals surface area contributed by atoms with Gasteiger partial charge in [-0.05, 0) is 37.1 Å². The first-order valence-electron chi connectivity index (χ1n) is 12.5. The quantitative estimate of drug-likeness (QED) is 0.566. The van der Waals surface area contributed by atoms with Crippen molar-refractivity contribution in [2.45, 2.75) is 77.2 Å². The molecule has 0 amide bonds. The van der Waals surface area contributed by atoms with Crippen LogP contribution in [-0.4, -0.2) is 98.2 Å². The largest absolute Gasteiger partial charge is 0.372 e. The molecule has 0 saturated carbocycles. The average Bonchev–Trinajstić information content (AvgIpc) is 3.26. The van der Waals surface area contributed by atoms with E-state index in [0.717, 1.165) is 11.1 Å². The van der Waals surface area contributed by atoms with E-state index in [0.29, 0.717) is 11.6 Å². The van der Waals surface area contributed by atoms with Crippen molar-refractivity contribution in [1.82, 2.24) is 30.2 Å². The van der Waals surface area contributed by atoms with Crippen molar-refractivity contribution in [2.24, 2.45) is 0 Å². The van der Waals surface area contributed by atoms with Crippen LogP contribution in [0.2, 0.25) is 10.3 Å². The highest BCUT2D eigenvalue weighted by Crippen LogP contribution is 2.36. The molecule has 0 spiro atoms. The molecule has 0 radical (unpaired) electrons. The minimum Gasteiger partial charge on any atom is -0.372 e. The van der Waals surface area contributed by atoms with Crippen LogP contribution in [0.15, 0.2) is 12.1 Å². The molecule has 11 nitrogen and oxygen atoms in total. The van der Waals surface area contributed by atoms with Gasteiger partial charge in [0.05, 0.1) is 0 Å². The van der Waals surface area contributed by atoms with Gasteiger partial charge < -0.3 is 20.0 Å². The van der Waals surface area contributed by atoms with Crippen molar-refractivity contribution < 1.29 is 15.0 Å². The van der Waals surface area contributed by atoms with Crippen LogP contribution in [0.25, 0.3) is 0 Å². The fourth-order valence-corrected chi connectivity index (χ4v) is 5.83. The standard InChI is InChI=1S/C25H36Cl2N8O3/c1-24(2,3)13-9-15(28-30-20(13)26)34-17(36)11-32(7)22(34)19(38)23-33(8)12-18(37)35(23)16-10-14(25(4,5)6)21(27)31-29-16/h9-10,17-18,22-23,36-37H,11-12H2,1-8H3. The molecule has 0 aromatic carbocycles. The second kappa shape index (κ2) is 10.1. The first kappa shape index (κ1) is 28.8. The number of Topliss-reactive ketones (excluding diaryl/α,β-unsaturated/α-hetero) is 1. The number of hydrogen-bond donors (Lipinski definition) is 2. The minimum absolute atomic E-state index is 0.208. The van der Waals surface area contributed by atoms with E-state index >= 15 is 0 Å². The van der Waals surface area contributed by atoms with Gasteiger partial charge in [-0.1, -0.05) is 64.7 Å². The summed E-state index contributed by atoms with van der Waals surface area (Å²) in [6.07, 6.45) is -3.80. The lowest BCUT2D eigenvalue weighted by Gasteiger charge is -2.36. The molecule has 208 valence electrons. The second-order valence-electron chi connectivity index (χ2n) is 12.1. The van der Waals surface area contributed by atoms with Crippen LogP contribution in [0.1, 0.15) is 52.7 Å². The highest BCUT2D eigenvalue weighted by molar-refractivity contribution is 6.30. The zero-order chi connectivity index (χ0) is 28.3. The van der Waals surface area contributed by atoms with Crippen LogP contribution < -0.4 is 9.80 Å². The van der Waals surface area contributed by atoms with Gasteiger partial charge in [0.2, 0.25) is 5.78 Å².